The van der Waals surface area contributed by atoms with Crippen molar-refractivity contribution in [2.45, 2.75) is 63.5 Å². The molecule has 2 aliphatic carbocycles. The average molecular weight is 331 g/mol. The van der Waals surface area contributed by atoms with E-state index < -0.39 is 5.97 Å². The Balaban J connectivity index is 1.32. The molecule has 2 aliphatic rings. The molecular formula is C20H29NO3. The maximum Gasteiger partial charge on any atom is 0.306 e. The van der Waals surface area contributed by atoms with Crippen LogP contribution in [0, 0.1) is 5.92 Å². The Bertz CT molecular complexity index is 537. The molecule has 0 aliphatic heterocycles. The second-order valence-electron chi connectivity index (χ2n) is 7.14. The number of carboxylic acid groups (broad SMARTS) is 1. The predicted octanol–water partition coefficient (Wildman–Crippen LogP) is 3.70. The van der Waals surface area contributed by atoms with Gasteiger partial charge in [0.1, 0.15) is 0 Å². The zero-order chi connectivity index (χ0) is 16.8. The highest BCUT2D eigenvalue weighted by molar-refractivity contribution is 5.70. The molecule has 4 heteroatoms. The van der Waals surface area contributed by atoms with Crippen molar-refractivity contribution >= 4 is 5.97 Å². The zero-order valence-electron chi connectivity index (χ0n) is 14.4. The highest BCUT2D eigenvalue weighted by Gasteiger charge is 2.25. The molecule has 0 amide bonds. The summed E-state index contributed by atoms with van der Waals surface area (Å²) in [5.41, 5.74) is 2.82. The average Bonchev–Trinajstić information content (AvgIpc) is 2.62. The van der Waals surface area contributed by atoms with Crippen LogP contribution in [-0.2, 0) is 16.0 Å². The van der Waals surface area contributed by atoms with Gasteiger partial charge in [0.25, 0.3) is 0 Å². The van der Waals surface area contributed by atoms with Gasteiger partial charge in [-0.25, -0.2) is 0 Å². The van der Waals surface area contributed by atoms with E-state index in [0.29, 0.717) is 6.04 Å². The summed E-state index contributed by atoms with van der Waals surface area (Å²) in [7, 11) is 0. The molecule has 1 atom stereocenters. The monoisotopic (exact) mass is 331 g/mol. The molecule has 1 aromatic carbocycles. The van der Waals surface area contributed by atoms with Crippen LogP contribution >= 0.6 is 0 Å². The lowest BCUT2D eigenvalue weighted by atomic mass is 9.86. The quantitative estimate of drug-likeness (QED) is 0.748. The highest BCUT2D eigenvalue weighted by atomic mass is 16.5. The molecule has 1 fully saturated rings. The fourth-order valence-corrected chi connectivity index (χ4v) is 4.03. The van der Waals surface area contributed by atoms with E-state index >= 15 is 0 Å². The zero-order valence-corrected chi connectivity index (χ0v) is 14.4. The Kier molecular flexibility index (Phi) is 6.27. The molecule has 0 bridgehead atoms. The summed E-state index contributed by atoms with van der Waals surface area (Å²) in [4.78, 5) is 11.0. The van der Waals surface area contributed by atoms with E-state index in [1.54, 1.807) is 0 Å². The Morgan fingerprint density at radius 3 is 2.75 bits per heavy atom. The summed E-state index contributed by atoms with van der Waals surface area (Å²) in [5, 5.41) is 12.6. The summed E-state index contributed by atoms with van der Waals surface area (Å²) in [6.45, 7) is 1.74. The van der Waals surface area contributed by atoms with Gasteiger partial charge in [-0.3, -0.25) is 4.79 Å². The third-order valence-electron chi connectivity index (χ3n) is 5.46. The highest BCUT2D eigenvalue weighted by Crippen LogP contribution is 2.32. The summed E-state index contributed by atoms with van der Waals surface area (Å²) in [6.07, 6.45) is 8.37. The van der Waals surface area contributed by atoms with Crippen LogP contribution in [-0.4, -0.2) is 30.3 Å². The van der Waals surface area contributed by atoms with Crippen LogP contribution in [0.15, 0.2) is 24.3 Å². The number of aliphatic carboxylic acids is 1. The Morgan fingerprint density at radius 1 is 1.17 bits per heavy atom. The number of ether oxygens (including phenoxy) is 1. The number of nitrogens with one attached hydrogen (secondary N) is 1. The summed E-state index contributed by atoms with van der Waals surface area (Å²) in [6, 6.07) is 9.13. The van der Waals surface area contributed by atoms with Gasteiger partial charge in [-0.15, -0.1) is 0 Å². The number of benzene rings is 1. The van der Waals surface area contributed by atoms with Crippen LogP contribution in [0.3, 0.4) is 0 Å². The van der Waals surface area contributed by atoms with Crippen molar-refractivity contribution in [2.24, 2.45) is 5.92 Å². The van der Waals surface area contributed by atoms with Crippen LogP contribution in [0.2, 0.25) is 0 Å². The molecule has 132 valence electrons. The number of hydrogen-bond acceptors (Lipinski definition) is 3. The minimum atomic E-state index is -0.630. The third kappa shape index (κ3) is 4.58. The van der Waals surface area contributed by atoms with Crippen LogP contribution < -0.4 is 5.32 Å². The van der Waals surface area contributed by atoms with E-state index in [4.69, 9.17) is 9.84 Å². The van der Waals surface area contributed by atoms with Crippen LogP contribution in [0.4, 0.5) is 0 Å². The summed E-state index contributed by atoms with van der Waals surface area (Å²) < 4.78 is 6.13. The first-order valence-corrected chi connectivity index (χ1v) is 9.39. The minimum Gasteiger partial charge on any atom is -0.481 e. The van der Waals surface area contributed by atoms with E-state index in [1.165, 1.54) is 24.0 Å². The number of rotatable bonds is 7. The molecule has 2 N–H and O–H groups in total. The van der Waals surface area contributed by atoms with E-state index in [0.717, 1.165) is 51.7 Å². The molecule has 4 nitrogen and oxygen atoms in total. The van der Waals surface area contributed by atoms with Crippen LogP contribution in [0.25, 0.3) is 0 Å². The maximum absolute atomic E-state index is 11.0. The van der Waals surface area contributed by atoms with Gasteiger partial charge in [-0.05, 0) is 69.0 Å². The Morgan fingerprint density at radius 2 is 1.96 bits per heavy atom. The van der Waals surface area contributed by atoms with Gasteiger partial charge in [0.15, 0.2) is 0 Å². The van der Waals surface area contributed by atoms with Gasteiger partial charge in [0, 0.05) is 12.6 Å². The SMILES string of the molecule is O=C(O)C1CCC(NCCCOC2CCCc3ccccc32)CC1. The standard InChI is InChI=1S/C20H29NO3/c22-20(23)16-9-11-17(12-10-16)21-13-4-14-24-19-8-3-6-15-5-1-2-7-18(15)19/h1-2,5,7,16-17,19,21H,3-4,6,8-14H2,(H,22,23). The van der Waals surface area contributed by atoms with Gasteiger partial charge in [-0.2, -0.15) is 0 Å². The van der Waals surface area contributed by atoms with Crippen LogP contribution in [0.1, 0.15) is 62.2 Å². The molecule has 0 heterocycles. The van der Waals surface area contributed by atoms with Gasteiger partial charge >= 0.3 is 5.97 Å². The van der Waals surface area contributed by atoms with Crippen LogP contribution in [0.5, 0.6) is 0 Å². The molecule has 1 unspecified atom stereocenters. The summed E-state index contributed by atoms with van der Waals surface area (Å²) >= 11 is 0. The van der Waals surface area contributed by atoms with Crippen molar-refractivity contribution in [1.29, 1.82) is 0 Å². The van der Waals surface area contributed by atoms with Gasteiger partial charge in [-0.1, -0.05) is 24.3 Å². The van der Waals surface area contributed by atoms with Gasteiger partial charge in [0.2, 0.25) is 0 Å². The molecule has 3 rings (SSSR count). The Hall–Kier alpha value is -1.39. The smallest absolute Gasteiger partial charge is 0.306 e. The predicted molar refractivity (Wildman–Crippen MR) is 94.1 cm³/mol. The van der Waals surface area contributed by atoms with E-state index in [1.807, 2.05) is 0 Å². The molecule has 0 saturated heterocycles. The molecular weight excluding hydrogens is 302 g/mol. The fraction of sp³-hybridized carbons (Fsp3) is 0.650. The molecule has 1 saturated carbocycles. The number of fused-ring (bicyclic) bond motifs is 1. The second kappa shape index (κ2) is 8.63. The topological polar surface area (TPSA) is 58.6 Å². The molecule has 0 aromatic heterocycles. The number of carboxylic acids is 1. The van der Waals surface area contributed by atoms with Crippen molar-refractivity contribution < 1.29 is 14.6 Å². The lowest BCUT2D eigenvalue weighted by molar-refractivity contribution is -0.142. The van der Waals surface area contributed by atoms with Crippen molar-refractivity contribution in [3.63, 3.8) is 0 Å². The van der Waals surface area contributed by atoms with E-state index in [-0.39, 0.29) is 12.0 Å². The summed E-state index contributed by atoms with van der Waals surface area (Å²) in [5.74, 6) is -0.757. The van der Waals surface area contributed by atoms with Crippen molar-refractivity contribution in [1.82, 2.24) is 5.32 Å². The fourth-order valence-electron chi connectivity index (χ4n) is 4.03. The first-order valence-electron chi connectivity index (χ1n) is 9.39. The molecule has 0 spiro atoms. The number of aryl methyl sites for hydroxylation is 1. The molecule has 0 radical (unpaired) electrons. The molecule has 24 heavy (non-hydrogen) atoms. The maximum atomic E-state index is 11.0. The second-order valence-corrected chi connectivity index (χ2v) is 7.14. The van der Waals surface area contributed by atoms with E-state index in [9.17, 15) is 4.79 Å². The lowest BCUT2D eigenvalue weighted by Crippen LogP contribution is -2.35. The van der Waals surface area contributed by atoms with Gasteiger partial charge in [0.05, 0.1) is 12.0 Å². The normalized spacial score (nSPS) is 26.8. The van der Waals surface area contributed by atoms with Crippen molar-refractivity contribution in [3.05, 3.63) is 35.4 Å². The van der Waals surface area contributed by atoms with E-state index in [2.05, 4.69) is 29.6 Å². The number of carbonyl (C=O) groups is 1. The first kappa shape index (κ1) is 17.4. The Labute approximate surface area is 144 Å². The van der Waals surface area contributed by atoms with Gasteiger partial charge < -0.3 is 15.2 Å². The van der Waals surface area contributed by atoms with Crippen molar-refractivity contribution in [3.8, 4) is 0 Å². The third-order valence-corrected chi connectivity index (χ3v) is 5.46. The number of hydrogen-bond donors (Lipinski definition) is 2. The lowest BCUT2D eigenvalue weighted by Gasteiger charge is -2.27. The minimum absolute atomic E-state index is 0.127. The molecule has 1 aromatic rings. The van der Waals surface area contributed by atoms with Crippen molar-refractivity contribution in [2.75, 3.05) is 13.2 Å². The first-order chi connectivity index (χ1) is 11.7. The largest absolute Gasteiger partial charge is 0.481 e.